The zero-order valence-corrected chi connectivity index (χ0v) is 16.8. The van der Waals surface area contributed by atoms with Crippen molar-refractivity contribution < 1.29 is 23.9 Å². The molecule has 154 valence electrons. The first-order valence-corrected chi connectivity index (χ1v) is 9.67. The minimum atomic E-state index is -0.343. The third-order valence-corrected chi connectivity index (χ3v) is 4.54. The number of amides is 3. The highest BCUT2D eigenvalue weighted by Crippen LogP contribution is 2.28. The molecule has 0 atom stereocenters. The first-order chi connectivity index (χ1) is 13.5. The Labute approximate surface area is 166 Å². The van der Waals surface area contributed by atoms with Gasteiger partial charge in [0.15, 0.2) is 0 Å². The molecule has 0 aliphatic carbocycles. The SMILES string of the molecule is CCOC(=O)N1CCN(C(=O)CCN(C(C)=O)c2ccccc2OCC)CC1. The lowest BCUT2D eigenvalue weighted by molar-refractivity contribution is -0.132. The third kappa shape index (κ3) is 5.61. The van der Waals surface area contributed by atoms with Crippen LogP contribution in [-0.2, 0) is 14.3 Å². The van der Waals surface area contributed by atoms with Crippen molar-refractivity contribution in [3.8, 4) is 5.75 Å². The number of carbonyl (C=O) groups excluding carboxylic acids is 3. The maximum absolute atomic E-state index is 12.6. The molecule has 8 heteroatoms. The topological polar surface area (TPSA) is 79.4 Å². The molecule has 0 aromatic heterocycles. The number of hydrogen-bond acceptors (Lipinski definition) is 5. The Balaban J connectivity index is 1.93. The first-order valence-electron chi connectivity index (χ1n) is 9.67. The summed E-state index contributed by atoms with van der Waals surface area (Å²) >= 11 is 0. The van der Waals surface area contributed by atoms with Crippen LogP contribution in [0.1, 0.15) is 27.2 Å². The van der Waals surface area contributed by atoms with E-state index in [4.69, 9.17) is 9.47 Å². The highest BCUT2D eigenvalue weighted by atomic mass is 16.6. The van der Waals surface area contributed by atoms with E-state index in [-0.39, 0.29) is 30.9 Å². The molecule has 1 saturated heterocycles. The Morgan fingerprint density at radius 1 is 1.00 bits per heavy atom. The summed E-state index contributed by atoms with van der Waals surface area (Å²) in [5.41, 5.74) is 0.664. The molecule has 28 heavy (non-hydrogen) atoms. The molecule has 1 aliphatic rings. The van der Waals surface area contributed by atoms with Gasteiger partial charge in [-0.15, -0.1) is 0 Å². The fourth-order valence-electron chi connectivity index (χ4n) is 3.12. The van der Waals surface area contributed by atoms with Crippen LogP contribution in [0.3, 0.4) is 0 Å². The molecular weight excluding hydrogens is 362 g/mol. The highest BCUT2D eigenvalue weighted by Gasteiger charge is 2.25. The van der Waals surface area contributed by atoms with Crippen LogP contribution in [0, 0.1) is 0 Å². The molecule has 1 aromatic rings. The predicted molar refractivity (Wildman–Crippen MR) is 105 cm³/mol. The molecule has 2 rings (SSSR count). The lowest BCUT2D eigenvalue weighted by Gasteiger charge is -2.34. The van der Waals surface area contributed by atoms with Crippen molar-refractivity contribution in [2.75, 3.05) is 50.8 Å². The van der Waals surface area contributed by atoms with Gasteiger partial charge in [0.2, 0.25) is 11.8 Å². The maximum atomic E-state index is 12.6. The van der Waals surface area contributed by atoms with Gasteiger partial charge in [0, 0.05) is 46.1 Å². The van der Waals surface area contributed by atoms with Crippen molar-refractivity contribution in [2.24, 2.45) is 0 Å². The standard InChI is InChI=1S/C20H29N3O5/c1-4-27-18-9-7-6-8-17(18)23(16(3)24)11-10-19(25)21-12-14-22(15-13-21)20(26)28-5-2/h6-9H,4-5,10-15H2,1-3H3. The molecule has 1 fully saturated rings. The van der Waals surface area contributed by atoms with E-state index >= 15 is 0 Å². The number of piperazine rings is 1. The van der Waals surface area contributed by atoms with E-state index in [0.717, 1.165) is 0 Å². The third-order valence-electron chi connectivity index (χ3n) is 4.54. The maximum Gasteiger partial charge on any atom is 0.409 e. The number of anilines is 1. The average Bonchev–Trinajstić information content (AvgIpc) is 2.69. The smallest absolute Gasteiger partial charge is 0.409 e. The zero-order chi connectivity index (χ0) is 20.5. The summed E-state index contributed by atoms with van der Waals surface area (Å²) in [6, 6.07) is 7.31. The van der Waals surface area contributed by atoms with Crippen LogP contribution in [-0.4, -0.2) is 73.6 Å². The fourth-order valence-corrected chi connectivity index (χ4v) is 3.12. The van der Waals surface area contributed by atoms with Crippen LogP contribution in [0.5, 0.6) is 5.75 Å². The van der Waals surface area contributed by atoms with Gasteiger partial charge in [-0.25, -0.2) is 4.79 Å². The van der Waals surface area contributed by atoms with Crippen molar-refractivity contribution in [2.45, 2.75) is 27.2 Å². The molecule has 0 unspecified atom stereocenters. The van der Waals surface area contributed by atoms with E-state index in [9.17, 15) is 14.4 Å². The van der Waals surface area contributed by atoms with Gasteiger partial charge < -0.3 is 24.2 Å². The van der Waals surface area contributed by atoms with Crippen LogP contribution >= 0.6 is 0 Å². The lowest BCUT2D eigenvalue weighted by Crippen LogP contribution is -2.51. The number of ether oxygens (including phenoxy) is 2. The van der Waals surface area contributed by atoms with Gasteiger partial charge in [0.1, 0.15) is 5.75 Å². The Kier molecular flexibility index (Phi) is 8.10. The van der Waals surface area contributed by atoms with Gasteiger partial charge in [0.05, 0.1) is 18.9 Å². The van der Waals surface area contributed by atoms with Gasteiger partial charge in [-0.3, -0.25) is 9.59 Å². The quantitative estimate of drug-likeness (QED) is 0.711. The van der Waals surface area contributed by atoms with Crippen LogP contribution in [0.15, 0.2) is 24.3 Å². The van der Waals surface area contributed by atoms with Crippen LogP contribution < -0.4 is 9.64 Å². The van der Waals surface area contributed by atoms with Crippen LogP contribution in [0.25, 0.3) is 0 Å². The monoisotopic (exact) mass is 391 g/mol. The molecule has 1 aliphatic heterocycles. The van der Waals surface area contributed by atoms with Crippen LogP contribution in [0.4, 0.5) is 10.5 Å². The van der Waals surface area contributed by atoms with E-state index in [0.29, 0.717) is 50.8 Å². The van der Waals surface area contributed by atoms with Crippen molar-refractivity contribution in [1.82, 2.24) is 9.80 Å². The van der Waals surface area contributed by atoms with E-state index in [1.807, 2.05) is 31.2 Å². The number of para-hydroxylation sites is 2. The van der Waals surface area contributed by atoms with Crippen molar-refractivity contribution in [3.63, 3.8) is 0 Å². The summed E-state index contributed by atoms with van der Waals surface area (Å²) in [7, 11) is 0. The molecule has 1 aromatic carbocycles. The summed E-state index contributed by atoms with van der Waals surface area (Å²) in [4.78, 5) is 41.4. The Morgan fingerprint density at radius 2 is 1.64 bits per heavy atom. The van der Waals surface area contributed by atoms with Crippen LogP contribution in [0.2, 0.25) is 0 Å². The van der Waals surface area contributed by atoms with Gasteiger partial charge in [-0.05, 0) is 26.0 Å². The molecular formula is C20H29N3O5. The summed E-state index contributed by atoms with van der Waals surface area (Å²) in [5, 5.41) is 0. The molecule has 1 heterocycles. The molecule has 0 radical (unpaired) electrons. The summed E-state index contributed by atoms with van der Waals surface area (Å²) in [6.45, 7) is 8.06. The average molecular weight is 391 g/mol. The predicted octanol–water partition coefficient (Wildman–Crippen LogP) is 2.13. The van der Waals surface area contributed by atoms with Gasteiger partial charge in [-0.1, -0.05) is 12.1 Å². The van der Waals surface area contributed by atoms with Crippen molar-refractivity contribution in [1.29, 1.82) is 0 Å². The highest BCUT2D eigenvalue weighted by molar-refractivity contribution is 5.94. The van der Waals surface area contributed by atoms with Gasteiger partial charge >= 0.3 is 6.09 Å². The Hall–Kier alpha value is -2.77. The summed E-state index contributed by atoms with van der Waals surface area (Å²) in [5.74, 6) is 0.437. The number of benzene rings is 1. The number of rotatable bonds is 7. The summed E-state index contributed by atoms with van der Waals surface area (Å²) < 4.78 is 10.6. The molecule has 0 N–H and O–H groups in total. The molecule has 0 bridgehead atoms. The minimum absolute atomic E-state index is 0.0383. The largest absolute Gasteiger partial charge is 0.492 e. The first kappa shape index (κ1) is 21.5. The van der Waals surface area contributed by atoms with Gasteiger partial charge in [0.25, 0.3) is 0 Å². The van der Waals surface area contributed by atoms with E-state index in [2.05, 4.69) is 0 Å². The number of carbonyl (C=O) groups is 3. The second-order valence-electron chi connectivity index (χ2n) is 6.39. The van der Waals surface area contributed by atoms with E-state index in [1.54, 1.807) is 21.6 Å². The summed E-state index contributed by atoms with van der Waals surface area (Å²) in [6.07, 6.45) is -0.135. The Bertz CT molecular complexity index is 686. The number of hydrogen-bond donors (Lipinski definition) is 0. The molecule has 8 nitrogen and oxygen atoms in total. The number of nitrogens with zero attached hydrogens (tertiary/aromatic N) is 3. The second kappa shape index (κ2) is 10.5. The van der Waals surface area contributed by atoms with E-state index in [1.165, 1.54) is 6.92 Å². The fraction of sp³-hybridized carbons (Fsp3) is 0.550. The normalized spacial score (nSPS) is 13.8. The van der Waals surface area contributed by atoms with Crippen molar-refractivity contribution in [3.05, 3.63) is 24.3 Å². The van der Waals surface area contributed by atoms with Crippen molar-refractivity contribution >= 4 is 23.6 Å². The minimum Gasteiger partial charge on any atom is -0.492 e. The molecule has 0 spiro atoms. The molecule has 0 saturated carbocycles. The van der Waals surface area contributed by atoms with E-state index < -0.39 is 0 Å². The Morgan fingerprint density at radius 3 is 2.25 bits per heavy atom. The zero-order valence-electron chi connectivity index (χ0n) is 16.8. The second-order valence-corrected chi connectivity index (χ2v) is 6.39. The van der Waals surface area contributed by atoms with Gasteiger partial charge in [-0.2, -0.15) is 0 Å². The molecule has 3 amide bonds. The lowest BCUT2D eigenvalue weighted by atomic mass is 10.2.